The largest absolute Gasteiger partial charge is 0.430 e. The van der Waals surface area contributed by atoms with Gasteiger partial charge in [0.15, 0.2) is 6.23 Å². The summed E-state index contributed by atoms with van der Waals surface area (Å²) in [6.07, 6.45) is 1.15. The molecule has 13 heavy (non-hydrogen) atoms. The number of carbonyl (C=O) groups is 1. The number of likely N-dealkylation sites (tertiary alicyclic amines) is 1. The fraction of sp³-hybridized carbons (Fsp3) is 0.889. The fourth-order valence-electron chi connectivity index (χ4n) is 1.76. The van der Waals surface area contributed by atoms with Gasteiger partial charge in [0, 0.05) is 12.1 Å². The van der Waals surface area contributed by atoms with Crippen molar-refractivity contribution in [2.45, 2.75) is 45.4 Å². The van der Waals surface area contributed by atoms with Crippen LogP contribution in [0.1, 0.15) is 33.6 Å². The molecule has 1 aliphatic heterocycles. The normalized spacial score (nSPS) is 24.7. The molecule has 0 aromatic carbocycles. The average molecular weight is 186 g/mol. The zero-order valence-electron chi connectivity index (χ0n) is 8.54. The third kappa shape index (κ3) is 2.59. The number of carbonyl (C=O) groups excluding carboxylic acids is 1. The Morgan fingerprint density at radius 3 is 2.62 bits per heavy atom. The second-order valence-electron chi connectivity index (χ2n) is 4.40. The van der Waals surface area contributed by atoms with Gasteiger partial charge in [0.1, 0.15) is 0 Å². The Morgan fingerprint density at radius 1 is 1.54 bits per heavy atom. The first-order valence-electron chi connectivity index (χ1n) is 4.64. The van der Waals surface area contributed by atoms with Gasteiger partial charge in [-0.05, 0) is 33.6 Å². The highest BCUT2D eigenvalue weighted by atomic mass is 16.6. The van der Waals surface area contributed by atoms with Crippen LogP contribution in [0.25, 0.3) is 0 Å². The molecular weight excluding hydrogens is 168 g/mol. The lowest BCUT2D eigenvalue weighted by atomic mass is 10.1. The molecule has 0 bridgehead atoms. The van der Waals surface area contributed by atoms with E-state index in [2.05, 4.69) is 25.7 Å². The SMILES string of the molecule is CC(C)(C)N1CCCC1OC(N)=O. The predicted molar refractivity (Wildman–Crippen MR) is 50.1 cm³/mol. The molecule has 1 heterocycles. The maximum absolute atomic E-state index is 10.6. The molecule has 4 heteroatoms. The number of amides is 1. The summed E-state index contributed by atoms with van der Waals surface area (Å²) in [5.74, 6) is 0. The van der Waals surface area contributed by atoms with Crippen LogP contribution in [0.3, 0.4) is 0 Å². The number of hydrogen-bond donors (Lipinski definition) is 1. The van der Waals surface area contributed by atoms with Gasteiger partial charge in [-0.3, -0.25) is 4.90 Å². The van der Waals surface area contributed by atoms with E-state index in [0.717, 1.165) is 19.4 Å². The number of hydrogen-bond acceptors (Lipinski definition) is 3. The molecule has 1 rings (SSSR count). The summed E-state index contributed by atoms with van der Waals surface area (Å²) in [5, 5.41) is 0. The summed E-state index contributed by atoms with van der Waals surface area (Å²) >= 11 is 0. The summed E-state index contributed by atoms with van der Waals surface area (Å²) in [6, 6.07) is 0. The van der Waals surface area contributed by atoms with E-state index in [1.807, 2.05) is 0 Å². The first-order chi connectivity index (χ1) is 5.91. The maximum Gasteiger partial charge on any atom is 0.406 e. The van der Waals surface area contributed by atoms with Crippen molar-refractivity contribution in [3.8, 4) is 0 Å². The summed E-state index contributed by atoms with van der Waals surface area (Å²) in [4.78, 5) is 12.8. The molecule has 0 spiro atoms. The van der Waals surface area contributed by atoms with E-state index in [4.69, 9.17) is 10.5 Å². The average Bonchev–Trinajstić information content (AvgIpc) is 2.31. The molecule has 1 atom stereocenters. The highest BCUT2D eigenvalue weighted by Gasteiger charge is 2.34. The van der Waals surface area contributed by atoms with E-state index in [9.17, 15) is 4.79 Å². The van der Waals surface area contributed by atoms with Crippen LogP contribution in [0, 0.1) is 0 Å². The lowest BCUT2D eigenvalue weighted by Gasteiger charge is -2.35. The Morgan fingerprint density at radius 2 is 2.15 bits per heavy atom. The van der Waals surface area contributed by atoms with Gasteiger partial charge in [-0.15, -0.1) is 0 Å². The van der Waals surface area contributed by atoms with E-state index in [-0.39, 0.29) is 11.8 Å². The maximum atomic E-state index is 10.6. The van der Waals surface area contributed by atoms with E-state index in [0.29, 0.717) is 0 Å². The third-order valence-corrected chi connectivity index (χ3v) is 2.31. The highest BCUT2D eigenvalue weighted by molar-refractivity contribution is 5.64. The summed E-state index contributed by atoms with van der Waals surface area (Å²) in [7, 11) is 0. The van der Waals surface area contributed by atoms with Crippen LogP contribution in [0.15, 0.2) is 0 Å². The van der Waals surface area contributed by atoms with Crippen LogP contribution in [-0.4, -0.2) is 29.3 Å². The topological polar surface area (TPSA) is 55.6 Å². The van der Waals surface area contributed by atoms with Crippen molar-refractivity contribution in [3.05, 3.63) is 0 Å². The fourth-order valence-corrected chi connectivity index (χ4v) is 1.76. The molecular formula is C9H18N2O2. The smallest absolute Gasteiger partial charge is 0.406 e. The number of nitrogens with zero attached hydrogens (tertiary/aromatic N) is 1. The summed E-state index contributed by atoms with van der Waals surface area (Å²) in [6.45, 7) is 7.29. The van der Waals surface area contributed by atoms with Crippen molar-refractivity contribution in [1.29, 1.82) is 0 Å². The standard InChI is InChI=1S/C9H18N2O2/c1-9(2,3)11-6-4-5-7(11)13-8(10)12/h7H,4-6H2,1-3H3,(H2,10,12). The first-order valence-corrected chi connectivity index (χ1v) is 4.64. The van der Waals surface area contributed by atoms with Gasteiger partial charge in [0.05, 0.1) is 0 Å². The second-order valence-corrected chi connectivity index (χ2v) is 4.40. The molecule has 0 aromatic rings. The molecule has 1 saturated heterocycles. The summed E-state index contributed by atoms with van der Waals surface area (Å²) < 4.78 is 5.02. The second kappa shape index (κ2) is 3.54. The molecule has 1 amide bonds. The van der Waals surface area contributed by atoms with E-state index < -0.39 is 6.09 Å². The van der Waals surface area contributed by atoms with Crippen LogP contribution in [0.5, 0.6) is 0 Å². The van der Waals surface area contributed by atoms with Crippen molar-refractivity contribution in [2.24, 2.45) is 5.73 Å². The molecule has 1 aliphatic rings. The summed E-state index contributed by atoms with van der Waals surface area (Å²) in [5.41, 5.74) is 5.03. The minimum atomic E-state index is -0.679. The third-order valence-electron chi connectivity index (χ3n) is 2.31. The van der Waals surface area contributed by atoms with Crippen LogP contribution < -0.4 is 5.73 Å². The monoisotopic (exact) mass is 186 g/mol. The Labute approximate surface area is 79.0 Å². The molecule has 1 unspecified atom stereocenters. The quantitative estimate of drug-likeness (QED) is 0.671. The van der Waals surface area contributed by atoms with Gasteiger partial charge in [-0.25, -0.2) is 4.79 Å². The van der Waals surface area contributed by atoms with Gasteiger partial charge < -0.3 is 10.5 Å². The van der Waals surface area contributed by atoms with E-state index in [1.54, 1.807) is 0 Å². The molecule has 0 aromatic heterocycles. The molecule has 4 nitrogen and oxygen atoms in total. The Balaban J connectivity index is 2.59. The molecule has 1 fully saturated rings. The van der Waals surface area contributed by atoms with E-state index in [1.165, 1.54) is 0 Å². The highest BCUT2D eigenvalue weighted by Crippen LogP contribution is 2.26. The minimum Gasteiger partial charge on any atom is -0.430 e. The van der Waals surface area contributed by atoms with Crippen LogP contribution in [0.4, 0.5) is 4.79 Å². The van der Waals surface area contributed by atoms with Crippen LogP contribution in [0.2, 0.25) is 0 Å². The first kappa shape index (κ1) is 10.3. The van der Waals surface area contributed by atoms with Crippen LogP contribution >= 0.6 is 0 Å². The van der Waals surface area contributed by atoms with Crippen molar-refractivity contribution in [1.82, 2.24) is 4.90 Å². The van der Waals surface area contributed by atoms with Gasteiger partial charge >= 0.3 is 6.09 Å². The Kier molecular flexibility index (Phi) is 2.81. The number of ether oxygens (including phenoxy) is 1. The van der Waals surface area contributed by atoms with Gasteiger partial charge in [0.25, 0.3) is 0 Å². The lowest BCUT2D eigenvalue weighted by Crippen LogP contribution is -2.46. The number of primary amides is 1. The number of rotatable bonds is 1. The van der Waals surface area contributed by atoms with Crippen molar-refractivity contribution < 1.29 is 9.53 Å². The molecule has 0 aliphatic carbocycles. The molecule has 76 valence electrons. The molecule has 2 N–H and O–H groups in total. The van der Waals surface area contributed by atoms with Crippen molar-refractivity contribution in [3.63, 3.8) is 0 Å². The van der Waals surface area contributed by atoms with Gasteiger partial charge in [0.2, 0.25) is 0 Å². The van der Waals surface area contributed by atoms with E-state index >= 15 is 0 Å². The Bertz CT molecular complexity index is 198. The van der Waals surface area contributed by atoms with Crippen molar-refractivity contribution in [2.75, 3.05) is 6.54 Å². The van der Waals surface area contributed by atoms with Crippen LogP contribution in [-0.2, 0) is 4.74 Å². The Hall–Kier alpha value is -0.770. The molecule has 0 radical (unpaired) electrons. The van der Waals surface area contributed by atoms with Gasteiger partial charge in [-0.2, -0.15) is 0 Å². The molecule has 0 saturated carbocycles. The minimum absolute atomic E-state index is 0.0383. The number of nitrogens with two attached hydrogens (primary N) is 1. The van der Waals surface area contributed by atoms with Gasteiger partial charge in [-0.1, -0.05) is 0 Å². The lowest BCUT2D eigenvalue weighted by molar-refractivity contribution is -0.0272. The zero-order chi connectivity index (χ0) is 10.1. The zero-order valence-corrected chi connectivity index (χ0v) is 8.54. The van der Waals surface area contributed by atoms with Crippen molar-refractivity contribution >= 4 is 6.09 Å². The predicted octanol–water partition coefficient (Wildman–Crippen LogP) is 1.30.